The van der Waals surface area contributed by atoms with Gasteiger partial charge in [-0.2, -0.15) is 0 Å². The molecule has 1 aliphatic heterocycles. The van der Waals surface area contributed by atoms with Crippen LogP contribution in [-0.2, 0) is 11.3 Å². The Bertz CT molecular complexity index is 419. The van der Waals surface area contributed by atoms with Gasteiger partial charge >= 0.3 is 0 Å². The molecule has 98 valence electrons. The van der Waals surface area contributed by atoms with Gasteiger partial charge in [0.05, 0.1) is 0 Å². The fourth-order valence-electron chi connectivity index (χ4n) is 2.26. The molecule has 0 spiro atoms. The molecule has 0 saturated carbocycles. The molecular weight excluding hydrogens is 226 g/mol. The molecule has 0 radical (unpaired) electrons. The summed E-state index contributed by atoms with van der Waals surface area (Å²) in [7, 11) is 0. The first-order valence-corrected chi connectivity index (χ1v) is 6.57. The minimum absolute atomic E-state index is 0.293. The van der Waals surface area contributed by atoms with Crippen molar-refractivity contribution in [3.05, 3.63) is 29.6 Å². The van der Waals surface area contributed by atoms with E-state index < -0.39 is 0 Å². The molecule has 4 nitrogen and oxygen atoms in total. The van der Waals surface area contributed by atoms with E-state index in [1.807, 2.05) is 23.4 Å². The van der Waals surface area contributed by atoms with Crippen LogP contribution in [-0.4, -0.2) is 34.9 Å². The number of aromatic nitrogens is 1. The maximum atomic E-state index is 11.5. The Balaban J connectivity index is 1.80. The Kier molecular flexibility index (Phi) is 4.31. The first-order chi connectivity index (χ1) is 8.66. The number of rotatable bonds is 5. The van der Waals surface area contributed by atoms with E-state index in [2.05, 4.69) is 24.1 Å². The number of hydrogen-bond donors (Lipinski definition) is 1. The molecule has 18 heavy (non-hydrogen) atoms. The van der Waals surface area contributed by atoms with Crippen molar-refractivity contribution >= 4 is 5.91 Å². The highest BCUT2D eigenvalue weighted by molar-refractivity contribution is 5.78. The van der Waals surface area contributed by atoms with Gasteiger partial charge in [-0.05, 0) is 37.5 Å². The van der Waals surface area contributed by atoms with Gasteiger partial charge in [-0.3, -0.25) is 9.78 Å². The van der Waals surface area contributed by atoms with Crippen LogP contribution in [0.3, 0.4) is 0 Å². The first-order valence-electron chi connectivity index (χ1n) is 6.57. The lowest BCUT2D eigenvalue weighted by atomic mass is 10.1. The molecule has 1 unspecified atom stereocenters. The summed E-state index contributed by atoms with van der Waals surface area (Å²) in [5.41, 5.74) is 2.47. The smallest absolute Gasteiger partial charge is 0.222 e. The first kappa shape index (κ1) is 13.0. The van der Waals surface area contributed by atoms with Crippen molar-refractivity contribution in [1.82, 2.24) is 15.2 Å². The second-order valence-electron chi connectivity index (χ2n) is 5.03. The van der Waals surface area contributed by atoms with Crippen molar-refractivity contribution in [3.63, 3.8) is 0 Å². The number of likely N-dealkylation sites (tertiary alicyclic amines) is 1. The second kappa shape index (κ2) is 5.96. The standard InChI is InChI=1S/C14H21N3O/c1-11-5-6-15-8-13(11)9-16-12(2)10-17-7-3-4-14(17)18/h5-6,8,12,16H,3-4,7,9-10H2,1-2H3. The van der Waals surface area contributed by atoms with Crippen LogP contribution in [0.15, 0.2) is 18.5 Å². The molecule has 1 aromatic rings. The van der Waals surface area contributed by atoms with Gasteiger partial charge in [-0.15, -0.1) is 0 Å². The van der Waals surface area contributed by atoms with Crippen molar-refractivity contribution in [2.24, 2.45) is 0 Å². The number of hydrogen-bond acceptors (Lipinski definition) is 3. The van der Waals surface area contributed by atoms with Crippen LogP contribution in [0.1, 0.15) is 30.9 Å². The maximum Gasteiger partial charge on any atom is 0.222 e. The van der Waals surface area contributed by atoms with Crippen LogP contribution in [0, 0.1) is 6.92 Å². The summed E-state index contributed by atoms with van der Waals surface area (Å²) in [6.07, 6.45) is 5.43. The summed E-state index contributed by atoms with van der Waals surface area (Å²) in [5.74, 6) is 0.293. The highest BCUT2D eigenvalue weighted by Crippen LogP contribution is 2.10. The molecule has 1 amide bonds. The van der Waals surface area contributed by atoms with Gasteiger partial charge in [-0.1, -0.05) is 0 Å². The maximum absolute atomic E-state index is 11.5. The summed E-state index contributed by atoms with van der Waals surface area (Å²) in [6.45, 7) is 6.74. The average Bonchev–Trinajstić information content (AvgIpc) is 2.74. The summed E-state index contributed by atoms with van der Waals surface area (Å²) >= 11 is 0. The van der Waals surface area contributed by atoms with Crippen LogP contribution in [0.25, 0.3) is 0 Å². The van der Waals surface area contributed by atoms with Crippen LogP contribution in [0.4, 0.5) is 0 Å². The van der Waals surface area contributed by atoms with E-state index in [0.717, 1.165) is 26.1 Å². The van der Waals surface area contributed by atoms with E-state index in [1.165, 1.54) is 11.1 Å². The molecule has 2 heterocycles. The predicted octanol–water partition coefficient (Wildman–Crippen LogP) is 1.49. The Morgan fingerprint density at radius 1 is 1.56 bits per heavy atom. The van der Waals surface area contributed by atoms with E-state index in [1.54, 1.807) is 0 Å². The van der Waals surface area contributed by atoms with Crippen molar-refractivity contribution < 1.29 is 4.79 Å². The molecule has 1 atom stereocenters. The average molecular weight is 247 g/mol. The zero-order chi connectivity index (χ0) is 13.0. The minimum atomic E-state index is 0.293. The number of carbonyl (C=O) groups is 1. The fraction of sp³-hybridized carbons (Fsp3) is 0.571. The van der Waals surface area contributed by atoms with Gasteiger partial charge in [0, 0.05) is 44.5 Å². The van der Waals surface area contributed by atoms with Crippen LogP contribution >= 0.6 is 0 Å². The van der Waals surface area contributed by atoms with Gasteiger partial charge in [-0.25, -0.2) is 0 Å². The molecule has 1 fully saturated rings. The van der Waals surface area contributed by atoms with Crippen molar-refractivity contribution in [3.8, 4) is 0 Å². The fourth-order valence-corrected chi connectivity index (χ4v) is 2.26. The summed E-state index contributed by atoms with van der Waals surface area (Å²) < 4.78 is 0. The number of nitrogens with one attached hydrogen (secondary N) is 1. The topological polar surface area (TPSA) is 45.2 Å². The highest BCUT2D eigenvalue weighted by atomic mass is 16.2. The molecule has 4 heteroatoms. The van der Waals surface area contributed by atoms with E-state index in [0.29, 0.717) is 18.4 Å². The number of amides is 1. The summed E-state index contributed by atoms with van der Waals surface area (Å²) in [6, 6.07) is 2.33. The van der Waals surface area contributed by atoms with Crippen LogP contribution in [0.2, 0.25) is 0 Å². The van der Waals surface area contributed by atoms with Gasteiger partial charge in [0.2, 0.25) is 5.91 Å². The Labute approximate surface area is 108 Å². The summed E-state index contributed by atoms with van der Waals surface area (Å²) in [5, 5.41) is 3.45. The number of nitrogens with zero attached hydrogens (tertiary/aromatic N) is 2. The van der Waals surface area contributed by atoms with Gasteiger partial charge in [0.25, 0.3) is 0 Å². The molecule has 1 aliphatic rings. The lowest BCUT2D eigenvalue weighted by Crippen LogP contribution is -2.39. The number of aryl methyl sites for hydroxylation is 1. The third-order valence-electron chi connectivity index (χ3n) is 3.45. The molecular formula is C14H21N3O. The normalized spacial score (nSPS) is 17.2. The molecule has 1 saturated heterocycles. The van der Waals surface area contributed by atoms with E-state index >= 15 is 0 Å². The minimum Gasteiger partial charge on any atom is -0.341 e. The lowest BCUT2D eigenvalue weighted by Gasteiger charge is -2.22. The number of carbonyl (C=O) groups excluding carboxylic acids is 1. The number of pyridine rings is 1. The predicted molar refractivity (Wildman–Crippen MR) is 71.1 cm³/mol. The van der Waals surface area contributed by atoms with E-state index in [4.69, 9.17) is 0 Å². The molecule has 1 N–H and O–H groups in total. The van der Waals surface area contributed by atoms with E-state index in [9.17, 15) is 4.79 Å². The molecule has 0 bridgehead atoms. The third-order valence-corrected chi connectivity index (χ3v) is 3.45. The van der Waals surface area contributed by atoms with Crippen molar-refractivity contribution in [2.75, 3.05) is 13.1 Å². The highest BCUT2D eigenvalue weighted by Gasteiger charge is 2.21. The van der Waals surface area contributed by atoms with Crippen LogP contribution in [0.5, 0.6) is 0 Å². The zero-order valence-electron chi connectivity index (χ0n) is 11.1. The Morgan fingerprint density at radius 2 is 2.39 bits per heavy atom. The molecule has 2 rings (SSSR count). The van der Waals surface area contributed by atoms with Gasteiger partial charge in [0.15, 0.2) is 0 Å². The Hall–Kier alpha value is -1.42. The second-order valence-corrected chi connectivity index (χ2v) is 5.03. The van der Waals surface area contributed by atoms with Crippen molar-refractivity contribution in [2.45, 2.75) is 39.3 Å². The van der Waals surface area contributed by atoms with Crippen LogP contribution < -0.4 is 5.32 Å². The monoisotopic (exact) mass is 247 g/mol. The largest absolute Gasteiger partial charge is 0.341 e. The van der Waals surface area contributed by atoms with Crippen molar-refractivity contribution in [1.29, 1.82) is 0 Å². The van der Waals surface area contributed by atoms with Gasteiger partial charge in [0.1, 0.15) is 0 Å². The molecule has 0 aliphatic carbocycles. The molecule has 1 aromatic heterocycles. The van der Waals surface area contributed by atoms with E-state index in [-0.39, 0.29) is 0 Å². The summed E-state index contributed by atoms with van der Waals surface area (Å²) in [4.78, 5) is 17.6. The Morgan fingerprint density at radius 3 is 3.06 bits per heavy atom. The quantitative estimate of drug-likeness (QED) is 0.857. The molecule has 0 aromatic carbocycles. The third kappa shape index (κ3) is 3.29. The lowest BCUT2D eigenvalue weighted by molar-refractivity contribution is -0.127. The SMILES string of the molecule is Cc1ccncc1CNC(C)CN1CCCC1=O. The zero-order valence-corrected chi connectivity index (χ0v) is 11.1. The van der Waals surface area contributed by atoms with Gasteiger partial charge < -0.3 is 10.2 Å².